The van der Waals surface area contributed by atoms with Crippen molar-refractivity contribution in [2.75, 3.05) is 27.3 Å². The van der Waals surface area contributed by atoms with E-state index in [0.717, 1.165) is 67.3 Å². The minimum atomic E-state index is -0.882. The van der Waals surface area contributed by atoms with Crippen LogP contribution in [0.15, 0.2) is 66.9 Å². The first kappa shape index (κ1) is 39.6. The molecule has 14 nitrogen and oxygen atoms in total. The second-order valence-corrected chi connectivity index (χ2v) is 17.1. The Morgan fingerprint density at radius 1 is 0.814 bits per heavy atom. The Bertz CT molecular complexity index is 2550. The summed E-state index contributed by atoms with van der Waals surface area (Å²) >= 11 is 3.32. The summed E-state index contributed by atoms with van der Waals surface area (Å²) < 4.78 is 11.9. The van der Waals surface area contributed by atoms with E-state index in [4.69, 9.17) is 14.5 Å². The van der Waals surface area contributed by atoms with Gasteiger partial charge < -0.3 is 39.9 Å². The average Bonchev–Trinajstić information content (AvgIpc) is 4.10. The number of ether oxygens (including phenoxy) is 2. The van der Waals surface area contributed by atoms with Gasteiger partial charge in [0.2, 0.25) is 5.91 Å². The molecule has 2 fully saturated rings. The fourth-order valence-electron chi connectivity index (χ4n) is 7.86. The van der Waals surface area contributed by atoms with Crippen molar-refractivity contribution >= 4 is 67.1 Å². The van der Waals surface area contributed by atoms with E-state index in [1.165, 1.54) is 14.2 Å². The smallest absolute Gasteiger partial charge is 0.407 e. The van der Waals surface area contributed by atoms with Gasteiger partial charge in [0.25, 0.3) is 5.91 Å². The molecular formula is C43H44N8O6S2. The molecule has 4 unspecified atom stereocenters. The van der Waals surface area contributed by atoms with Gasteiger partial charge in [0.05, 0.1) is 48.4 Å². The van der Waals surface area contributed by atoms with E-state index in [0.29, 0.717) is 30.2 Å². The molecule has 2 aliphatic rings. The molecule has 0 spiro atoms. The van der Waals surface area contributed by atoms with E-state index in [2.05, 4.69) is 61.7 Å². The van der Waals surface area contributed by atoms with Gasteiger partial charge in [0.1, 0.15) is 29.4 Å². The first-order chi connectivity index (χ1) is 28.6. The standard InChI is InChI=1S/C43H44N8O6S2/c1-24(2)36(48-42(54)56-3)40(52)50-18-8-12-31(50)38-44-23-27(45-38)15-16-28-21-34-35(58-28)22-33(59-34)26-14-17-29-30(20-26)47-39(46-29)32-13-9-19-51(32)41(53)37(49-43(55)57-4)25-10-6-5-7-11-25/h5-7,10-11,14,17,20-24,31-32,36-37H,8-9,12-13,18-19H2,1-4H3,(H,44,45)(H,46,47)(H,48,54)(H,49,55). The normalized spacial score (nSPS) is 17.5. The third-order valence-electron chi connectivity index (χ3n) is 10.8. The number of imidazole rings is 2. The number of hydrogen-bond acceptors (Lipinski definition) is 10. The van der Waals surface area contributed by atoms with Crippen LogP contribution in [0.4, 0.5) is 9.59 Å². The second kappa shape index (κ2) is 17.0. The third kappa shape index (κ3) is 8.26. The van der Waals surface area contributed by atoms with Crippen LogP contribution >= 0.6 is 22.7 Å². The summed E-state index contributed by atoms with van der Waals surface area (Å²) in [6, 6.07) is 17.6. The lowest BCUT2D eigenvalue weighted by Gasteiger charge is -2.29. The van der Waals surface area contributed by atoms with Gasteiger partial charge in [0.15, 0.2) is 0 Å². The number of benzene rings is 2. The van der Waals surface area contributed by atoms with Crippen molar-refractivity contribution in [3.8, 4) is 22.3 Å². The predicted molar refractivity (Wildman–Crippen MR) is 226 cm³/mol. The Balaban J connectivity index is 0.952. The van der Waals surface area contributed by atoms with Gasteiger partial charge in [-0.15, -0.1) is 22.7 Å². The van der Waals surface area contributed by atoms with Gasteiger partial charge in [-0.25, -0.2) is 19.6 Å². The van der Waals surface area contributed by atoms with Crippen molar-refractivity contribution in [3.63, 3.8) is 0 Å². The molecule has 0 radical (unpaired) electrons. The molecule has 16 heteroatoms. The van der Waals surface area contributed by atoms with E-state index >= 15 is 0 Å². The van der Waals surface area contributed by atoms with Crippen LogP contribution in [0.3, 0.4) is 0 Å². The summed E-state index contributed by atoms with van der Waals surface area (Å²) in [7, 11) is 2.57. The number of nitrogens with one attached hydrogen (secondary N) is 4. The highest BCUT2D eigenvalue weighted by Crippen LogP contribution is 2.40. The number of amides is 4. The molecule has 2 saturated heterocycles. The maximum atomic E-state index is 14.0. The van der Waals surface area contributed by atoms with Crippen molar-refractivity contribution in [2.45, 2.75) is 63.7 Å². The number of nitrogens with zero attached hydrogens (tertiary/aromatic N) is 4. The molecule has 4 aromatic heterocycles. The molecule has 4 atom stereocenters. The van der Waals surface area contributed by atoms with Crippen molar-refractivity contribution in [3.05, 3.63) is 94.6 Å². The van der Waals surface area contributed by atoms with Crippen LogP contribution < -0.4 is 10.6 Å². The number of carbonyl (C=O) groups is 4. The van der Waals surface area contributed by atoms with Crippen LogP contribution in [0.1, 0.15) is 85.4 Å². The number of likely N-dealkylation sites (tertiary alicyclic amines) is 2. The van der Waals surface area contributed by atoms with Crippen molar-refractivity contribution in [2.24, 2.45) is 5.92 Å². The lowest BCUT2D eigenvalue weighted by Crippen LogP contribution is -2.51. The summed E-state index contributed by atoms with van der Waals surface area (Å²) in [5.41, 5.74) is 4.10. The fourth-order valence-corrected chi connectivity index (χ4v) is 10.1. The Hall–Kier alpha value is -6.18. The van der Waals surface area contributed by atoms with Crippen LogP contribution in [0.5, 0.6) is 0 Å². The van der Waals surface area contributed by atoms with Crippen molar-refractivity contribution in [1.82, 2.24) is 40.4 Å². The zero-order valence-electron chi connectivity index (χ0n) is 33.0. The molecule has 59 heavy (non-hydrogen) atoms. The van der Waals surface area contributed by atoms with Crippen LogP contribution in [-0.4, -0.2) is 87.1 Å². The zero-order chi connectivity index (χ0) is 41.2. The highest BCUT2D eigenvalue weighted by molar-refractivity contribution is 7.29. The topological polar surface area (TPSA) is 175 Å². The number of aromatic nitrogens is 4. The van der Waals surface area contributed by atoms with Crippen LogP contribution in [0, 0.1) is 17.8 Å². The molecule has 0 aliphatic carbocycles. The van der Waals surface area contributed by atoms with Gasteiger partial charge in [-0.05, 0) is 78.8 Å². The number of H-pyrrole nitrogens is 2. The number of alkyl carbamates (subject to hydrolysis) is 2. The third-order valence-corrected chi connectivity index (χ3v) is 13.1. The minimum Gasteiger partial charge on any atom is -0.453 e. The first-order valence-corrected chi connectivity index (χ1v) is 21.2. The summed E-state index contributed by atoms with van der Waals surface area (Å²) in [6.45, 7) is 4.92. The molecule has 2 aromatic carbocycles. The van der Waals surface area contributed by atoms with Gasteiger partial charge in [-0.1, -0.05) is 50.2 Å². The molecule has 6 heterocycles. The maximum Gasteiger partial charge on any atom is 0.407 e. The van der Waals surface area contributed by atoms with Crippen LogP contribution in [-0.2, 0) is 19.1 Å². The average molecular weight is 833 g/mol. The second-order valence-electron chi connectivity index (χ2n) is 15.0. The molecule has 8 rings (SSSR count). The Labute approximate surface area is 348 Å². The number of fused-ring (bicyclic) bond motifs is 2. The monoisotopic (exact) mass is 832 g/mol. The first-order valence-electron chi connectivity index (χ1n) is 19.6. The van der Waals surface area contributed by atoms with Gasteiger partial charge >= 0.3 is 12.2 Å². The van der Waals surface area contributed by atoms with Crippen molar-refractivity contribution in [1.29, 1.82) is 0 Å². The van der Waals surface area contributed by atoms with Crippen LogP contribution in [0.2, 0.25) is 0 Å². The largest absolute Gasteiger partial charge is 0.453 e. The number of hydrogen-bond donors (Lipinski definition) is 4. The lowest BCUT2D eigenvalue weighted by molar-refractivity contribution is -0.135. The van der Waals surface area contributed by atoms with E-state index in [9.17, 15) is 19.2 Å². The number of thiophene rings is 2. The van der Waals surface area contributed by atoms with Gasteiger partial charge in [-0.2, -0.15) is 0 Å². The fraction of sp³-hybridized carbons (Fsp3) is 0.349. The number of rotatable bonds is 9. The molecule has 6 aromatic rings. The highest BCUT2D eigenvalue weighted by atomic mass is 32.1. The Kier molecular flexibility index (Phi) is 11.4. The highest BCUT2D eigenvalue weighted by Gasteiger charge is 2.38. The number of methoxy groups -OCH3 is 2. The van der Waals surface area contributed by atoms with E-state index in [-0.39, 0.29) is 29.8 Å². The molecule has 4 amide bonds. The zero-order valence-corrected chi connectivity index (χ0v) is 34.7. The molecule has 0 saturated carbocycles. The molecule has 304 valence electrons. The van der Waals surface area contributed by atoms with Gasteiger partial charge in [0, 0.05) is 27.4 Å². The predicted octanol–water partition coefficient (Wildman–Crippen LogP) is 7.43. The van der Waals surface area contributed by atoms with Crippen molar-refractivity contribution < 1.29 is 28.7 Å². The van der Waals surface area contributed by atoms with Gasteiger partial charge in [-0.3, -0.25) is 9.59 Å². The summed E-state index contributed by atoms with van der Waals surface area (Å²) in [5, 5.41) is 5.40. The quantitative estimate of drug-likeness (QED) is 0.109. The lowest BCUT2D eigenvalue weighted by atomic mass is 10.0. The molecule has 0 bridgehead atoms. The summed E-state index contributed by atoms with van der Waals surface area (Å²) in [6.07, 6.45) is 3.57. The van der Waals surface area contributed by atoms with Crippen LogP contribution in [0.25, 0.3) is 30.9 Å². The SMILES string of the molecule is COC(=O)NC(C(=O)N1CCCC1c1nc2ccc(-c3cc4sc(C#Cc5cnc(C6CCCN6C(=O)C(NC(=O)OC)C(C)C)[nH]5)cc4s3)cc2[nH]1)c1ccccc1. The molecule has 4 N–H and O–H groups in total. The van der Waals surface area contributed by atoms with E-state index in [1.54, 1.807) is 38.7 Å². The minimum absolute atomic E-state index is 0.112. The molecule has 2 aliphatic heterocycles. The Morgan fingerprint density at radius 3 is 2.22 bits per heavy atom. The summed E-state index contributed by atoms with van der Waals surface area (Å²) in [5.74, 6) is 7.41. The number of aromatic amines is 2. The summed E-state index contributed by atoms with van der Waals surface area (Å²) in [4.78, 5) is 73.6. The molecular weight excluding hydrogens is 789 g/mol. The Morgan fingerprint density at radius 2 is 1.51 bits per heavy atom. The number of carbonyl (C=O) groups excluding carboxylic acids is 4. The van der Waals surface area contributed by atoms with E-state index < -0.39 is 24.3 Å². The van der Waals surface area contributed by atoms with E-state index in [1.807, 2.05) is 50.2 Å². The maximum absolute atomic E-state index is 14.0.